The number of hydrogen-bond acceptors (Lipinski definition) is 2. The fourth-order valence-corrected chi connectivity index (χ4v) is 2.20. The second-order valence-corrected chi connectivity index (χ2v) is 4.95. The number of benzene rings is 1. The summed E-state index contributed by atoms with van der Waals surface area (Å²) in [6.07, 6.45) is 7.28. The molecule has 0 unspecified atom stereocenters. The first kappa shape index (κ1) is 14.3. The van der Waals surface area contributed by atoms with Crippen molar-refractivity contribution in [3.63, 3.8) is 0 Å². The van der Waals surface area contributed by atoms with Gasteiger partial charge in [0.15, 0.2) is 0 Å². The lowest BCUT2D eigenvalue weighted by molar-refractivity contribution is -0.120. The Morgan fingerprint density at radius 2 is 1.95 bits per heavy atom. The van der Waals surface area contributed by atoms with Gasteiger partial charge < -0.3 is 10.6 Å². The van der Waals surface area contributed by atoms with E-state index in [-0.39, 0.29) is 17.7 Å². The van der Waals surface area contributed by atoms with Crippen molar-refractivity contribution >= 4 is 23.2 Å². The summed E-state index contributed by atoms with van der Waals surface area (Å²) < 4.78 is 0. The Bertz CT molecular complexity index is 523. The van der Waals surface area contributed by atoms with Gasteiger partial charge in [-0.25, -0.2) is 0 Å². The lowest BCUT2D eigenvalue weighted by Gasteiger charge is -2.17. The highest BCUT2D eigenvalue weighted by molar-refractivity contribution is 5.95. The van der Waals surface area contributed by atoms with Crippen LogP contribution in [0.4, 0.5) is 11.4 Å². The third-order valence-corrected chi connectivity index (χ3v) is 3.37. The van der Waals surface area contributed by atoms with E-state index < -0.39 is 0 Å². The molecule has 1 aromatic carbocycles. The summed E-state index contributed by atoms with van der Waals surface area (Å²) in [5.74, 6) is 0.0631. The van der Waals surface area contributed by atoms with Crippen molar-refractivity contribution in [3.05, 3.63) is 36.4 Å². The maximum Gasteiger partial charge on any atom is 0.227 e. The van der Waals surface area contributed by atoms with Crippen LogP contribution >= 0.6 is 0 Å². The minimum atomic E-state index is -0.0362. The van der Waals surface area contributed by atoms with E-state index in [0.29, 0.717) is 12.1 Å². The van der Waals surface area contributed by atoms with E-state index in [1.807, 2.05) is 18.2 Å². The maximum absolute atomic E-state index is 12.1. The summed E-state index contributed by atoms with van der Waals surface area (Å²) in [7, 11) is 0. The van der Waals surface area contributed by atoms with Crippen LogP contribution in [0.25, 0.3) is 0 Å². The van der Waals surface area contributed by atoms with E-state index in [4.69, 9.17) is 0 Å². The van der Waals surface area contributed by atoms with Crippen molar-refractivity contribution in [2.75, 3.05) is 10.6 Å². The molecule has 0 aliphatic heterocycles. The van der Waals surface area contributed by atoms with Gasteiger partial charge in [0.2, 0.25) is 11.8 Å². The van der Waals surface area contributed by atoms with Crippen LogP contribution in [0.1, 0.15) is 32.6 Å². The fourth-order valence-electron chi connectivity index (χ4n) is 2.20. The van der Waals surface area contributed by atoms with Crippen LogP contribution in [0, 0.1) is 5.92 Å². The summed E-state index contributed by atoms with van der Waals surface area (Å²) in [6, 6.07) is 7.25. The number of carbonyl (C=O) groups excluding carboxylic acids is 2. The molecule has 0 aromatic heterocycles. The van der Waals surface area contributed by atoms with Gasteiger partial charge in [-0.2, -0.15) is 0 Å². The minimum absolute atomic E-state index is 0.0362. The van der Waals surface area contributed by atoms with E-state index in [0.717, 1.165) is 24.9 Å². The molecule has 0 saturated carbocycles. The molecular formula is C16H20N2O2. The van der Waals surface area contributed by atoms with Gasteiger partial charge in [-0.15, -0.1) is 0 Å². The highest BCUT2D eigenvalue weighted by atomic mass is 16.2. The molecular weight excluding hydrogens is 252 g/mol. The van der Waals surface area contributed by atoms with Crippen molar-refractivity contribution in [2.24, 2.45) is 5.92 Å². The Morgan fingerprint density at radius 3 is 2.60 bits per heavy atom. The number of anilines is 2. The van der Waals surface area contributed by atoms with Gasteiger partial charge >= 0.3 is 0 Å². The van der Waals surface area contributed by atoms with Gasteiger partial charge in [-0.1, -0.05) is 25.1 Å². The first-order valence-corrected chi connectivity index (χ1v) is 7.05. The molecule has 2 amide bonds. The van der Waals surface area contributed by atoms with E-state index in [1.54, 1.807) is 13.0 Å². The smallest absolute Gasteiger partial charge is 0.227 e. The Kier molecular flexibility index (Phi) is 4.93. The number of allylic oxidation sites excluding steroid dienone is 2. The van der Waals surface area contributed by atoms with Crippen molar-refractivity contribution in [1.82, 2.24) is 0 Å². The molecule has 0 radical (unpaired) electrons. The molecule has 20 heavy (non-hydrogen) atoms. The van der Waals surface area contributed by atoms with Gasteiger partial charge in [0.25, 0.3) is 0 Å². The van der Waals surface area contributed by atoms with Crippen molar-refractivity contribution in [3.8, 4) is 0 Å². The Hall–Kier alpha value is -2.10. The molecule has 0 heterocycles. The third kappa shape index (κ3) is 3.95. The summed E-state index contributed by atoms with van der Waals surface area (Å²) in [5, 5.41) is 5.70. The molecule has 0 spiro atoms. The van der Waals surface area contributed by atoms with E-state index >= 15 is 0 Å². The number of carbonyl (C=O) groups is 2. The number of hydrogen-bond donors (Lipinski definition) is 2. The van der Waals surface area contributed by atoms with Crippen LogP contribution in [-0.4, -0.2) is 11.8 Å². The molecule has 1 atom stereocenters. The first-order valence-electron chi connectivity index (χ1n) is 7.05. The maximum atomic E-state index is 12.1. The lowest BCUT2D eigenvalue weighted by Crippen LogP contribution is -2.23. The molecule has 0 saturated heterocycles. The topological polar surface area (TPSA) is 58.2 Å². The largest absolute Gasteiger partial charge is 0.326 e. The van der Waals surface area contributed by atoms with E-state index in [2.05, 4.69) is 22.8 Å². The van der Waals surface area contributed by atoms with Crippen LogP contribution < -0.4 is 10.6 Å². The Balaban J connectivity index is 1.98. The normalized spacial score (nSPS) is 17.6. The van der Waals surface area contributed by atoms with Crippen LogP contribution in [-0.2, 0) is 9.59 Å². The van der Waals surface area contributed by atoms with E-state index in [9.17, 15) is 9.59 Å². The quantitative estimate of drug-likeness (QED) is 0.826. The zero-order valence-corrected chi connectivity index (χ0v) is 11.7. The second-order valence-electron chi connectivity index (χ2n) is 4.95. The summed E-state index contributed by atoms with van der Waals surface area (Å²) in [5.41, 5.74) is 1.43. The summed E-state index contributed by atoms with van der Waals surface area (Å²) >= 11 is 0. The van der Waals surface area contributed by atoms with Gasteiger partial charge in [0.1, 0.15) is 0 Å². The Labute approximate surface area is 119 Å². The van der Waals surface area contributed by atoms with Crippen LogP contribution in [0.15, 0.2) is 36.4 Å². The van der Waals surface area contributed by atoms with Crippen LogP contribution in [0.3, 0.4) is 0 Å². The molecule has 2 rings (SSSR count). The monoisotopic (exact) mass is 272 g/mol. The van der Waals surface area contributed by atoms with Crippen LogP contribution in [0.2, 0.25) is 0 Å². The SMILES string of the molecule is CCC(=O)Nc1cccc(NC(=O)[C@H]2CC=CCC2)c1. The first-order chi connectivity index (χ1) is 9.69. The average molecular weight is 272 g/mol. The molecule has 0 fully saturated rings. The molecule has 1 aromatic rings. The lowest BCUT2D eigenvalue weighted by atomic mass is 9.93. The zero-order chi connectivity index (χ0) is 14.4. The average Bonchev–Trinajstić information content (AvgIpc) is 2.48. The third-order valence-electron chi connectivity index (χ3n) is 3.37. The molecule has 106 valence electrons. The highest BCUT2D eigenvalue weighted by Crippen LogP contribution is 2.21. The van der Waals surface area contributed by atoms with Crippen molar-refractivity contribution in [2.45, 2.75) is 32.6 Å². The molecule has 4 heteroatoms. The molecule has 2 N–H and O–H groups in total. The minimum Gasteiger partial charge on any atom is -0.326 e. The molecule has 4 nitrogen and oxygen atoms in total. The summed E-state index contributed by atoms with van der Waals surface area (Å²) in [4.78, 5) is 23.5. The van der Waals surface area contributed by atoms with Gasteiger partial charge in [0.05, 0.1) is 0 Å². The molecule has 1 aliphatic rings. The standard InChI is InChI=1S/C16H20N2O2/c1-2-15(19)17-13-9-6-10-14(11-13)18-16(20)12-7-4-3-5-8-12/h3-4,6,9-12H,2,5,7-8H2,1H3,(H,17,19)(H,18,20)/t12-/m0/s1. The van der Waals surface area contributed by atoms with Gasteiger partial charge in [-0.05, 0) is 37.5 Å². The fraction of sp³-hybridized carbons (Fsp3) is 0.375. The number of rotatable bonds is 4. The van der Waals surface area contributed by atoms with Gasteiger partial charge in [-0.3, -0.25) is 9.59 Å². The van der Waals surface area contributed by atoms with Gasteiger partial charge in [0, 0.05) is 23.7 Å². The zero-order valence-electron chi connectivity index (χ0n) is 11.7. The number of nitrogens with one attached hydrogen (secondary N) is 2. The Morgan fingerprint density at radius 1 is 1.20 bits per heavy atom. The predicted molar refractivity (Wildman–Crippen MR) is 80.5 cm³/mol. The highest BCUT2D eigenvalue weighted by Gasteiger charge is 2.18. The molecule has 1 aliphatic carbocycles. The number of amides is 2. The molecule has 0 bridgehead atoms. The summed E-state index contributed by atoms with van der Waals surface area (Å²) in [6.45, 7) is 1.80. The van der Waals surface area contributed by atoms with Crippen molar-refractivity contribution in [1.29, 1.82) is 0 Å². The second kappa shape index (κ2) is 6.89. The van der Waals surface area contributed by atoms with E-state index in [1.165, 1.54) is 0 Å². The van der Waals surface area contributed by atoms with Crippen LogP contribution in [0.5, 0.6) is 0 Å². The van der Waals surface area contributed by atoms with Crippen molar-refractivity contribution < 1.29 is 9.59 Å². The predicted octanol–water partition coefficient (Wildman–Crippen LogP) is 3.33.